The van der Waals surface area contributed by atoms with Gasteiger partial charge in [0.05, 0.1) is 12.0 Å². The molecule has 1 aromatic heterocycles. The zero-order chi connectivity index (χ0) is 18.8. The molecule has 2 unspecified atom stereocenters. The molecule has 2 atom stereocenters. The molecule has 1 aliphatic heterocycles. The van der Waals surface area contributed by atoms with Gasteiger partial charge in [-0.15, -0.1) is 0 Å². The van der Waals surface area contributed by atoms with Gasteiger partial charge in [-0.05, 0) is 37.0 Å². The lowest BCUT2D eigenvalue weighted by Gasteiger charge is -2.34. The molecule has 1 saturated heterocycles. The number of nitrogens with zero attached hydrogens (tertiary/aromatic N) is 1. The van der Waals surface area contributed by atoms with Gasteiger partial charge in [0, 0.05) is 24.9 Å². The largest absolute Gasteiger partial charge is 0.464 e. The van der Waals surface area contributed by atoms with E-state index in [1.54, 1.807) is 0 Å². The van der Waals surface area contributed by atoms with Gasteiger partial charge in [-0.25, -0.2) is 0 Å². The third-order valence-electron chi connectivity index (χ3n) is 5.99. The standard InChI is InChI=1S/C23H27NO3/c1-2-16-11-14-22(27-16)20-10-4-3-7-15-24(20)23(26)19-12-13-21(25)18-9-6-5-8-17(18)19/h5-6,8-9,11,14,19-20H,2-4,7,10,12-13,15H2,1H3. The van der Waals surface area contributed by atoms with Crippen LogP contribution in [0.5, 0.6) is 0 Å². The minimum atomic E-state index is -0.222. The fourth-order valence-electron chi connectivity index (χ4n) is 4.51. The number of fused-ring (bicyclic) bond motifs is 1. The van der Waals surface area contributed by atoms with Crippen molar-refractivity contribution >= 4 is 11.7 Å². The highest BCUT2D eigenvalue weighted by atomic mass is 16.3. The normalized spacial score (nSPS) is 23.0. The Morgan fingerprint density at radius 3 is 2.78 bits per heavy atom. The third kappa shape index (κ3) is 3.45. The molecule has 0 saturated carbocycles. The van der Waals surface area contributed by atoms with Crippen molar-refractivity contribution in [2.24, 2.45) is 0 Å². The lowest BCUT2D eigenvalue weighted by molar-refractivity contribution is -0.136. The Morgan fingerprint density at radius 2 is 1.96 bits per heavy atom. The summed E-state index contributed by atoms with van der Waals surface area (Å²) in [6.07, 6.45) is 6.13. The fourth-order valence-corrected chi connectivity index (χ4v) is 4.51. The van der Waals surface area contributed by atoms with Crippen molar-refractivity contribution < 1.29 is 14.0 Å². The van der Waals surface area contributed by atoms with Crippen LogP contribution in [0.2, 0.25) is 0 Å². The second-order valence-corrected chi connectivity index (χ2v) is 7.66. The van der Waals surface area contributed by atoms with Crippen molar-refractivity contribution in [3.05, 3.63) is 59.0 Å². The van der Waals surface area contributed by atoms with Crippen LogP contribution in [0.15, 0.2) is 40.8 Å². The number of Topliss-reactive ketones (excluding diaryl/α,β-unsaturated/α-hetero) is 1. The number of likely N-dealkylation sites (tertiary alicyclic amines) is 1. The van der Waals surface area contributed by atoms with Crippen LogP contribution in [0, 0.1) is 0 Å². The average Bonchev–Trinajstić information content (AvgIpc) is 3.04. The predicted molar refractivity (Wildman–Crippen MR) is 104 cm³/mol. The van der Waals surface area contributed by atoms with E-state index >= 15 is 0 Å². The van der Waals surface area contributed by atoms with Crippen molar-refractivity contribution in [2.75, 3.05) is 6.54 Å². The highest BCUT2D eigenvalue weighted by Gasteiger charge is 2.37. The molecule has 4 nitrogen and oxygen atoms in total. The Hall–Kier alpha value is -2.36. The minimum Gasteiger partial charge on any atom is -0.464 e. The van der Waals surface area contributed by atoms with Crippen LogP contribution in [-0.4, -0.2) is 23.1 Å². The number of hydrogen-bond donors (Lipinski definition) is 0. The first-order valence-corrected chi connectivity index (χ1v) is 10.2. The maximum Gasteiger partial charge on any atom is 0.230 e. The Kier molecular flexibility index (Phi) is 5.15. The van der Waals surface area contributed by atoms with E-state index in [0.29, 0.717) is 12.8 Å². The van der Waals surface area contributed by atoms with Gasteiger partial charge in [-0.2, -0.15) is 0 Å². The Balaban J connectivity index is 1.66. The monoisotopic (exact) mass is 365 g/mol. The van der Waals surface area contributed by atoms with E-state index < -0.39 is 0 Å². The van der Waals surface area contributed by atoms with Gasteiger partial charge in [0.2, 0.25) is 5.91 Å². The van der Waals surface area contributed by atoms with Crippen LogP contribution in [-0.2, 0) is 11.2 Å². The quantitative estimate of drug-likeness (QED) is 0.765. The topological polar surface area (TPSA) is 50.5 Å². The number of amides is 1. The fraction of sp³-hybridized carbons (Fsp3) is 0.478. The van der Waals surface area contributed by atoms with E-state index in [4.69, 9.17) is 4.42 Å². The summed E-state index contributed by atoms with van der Waals surface area (Å²) in [5.74, 6) is 1.95. The Bertz CT molecular complexity index is 838. The van der Waals surface area contributed by atoms with Crippen LogP contribution in [0.1, 0.15) is 84.9 Å². The minimum absolute atomic E-state index is 0.00471. The zero-order valence-corrected chi connectivity index (χ0v) is 15.9. The number of aryl methyl sites for hydroxylation is 1. The summed E-state index contributed by atoms with van der Waals surface area (Å²) in [6, 6.07) is 11.7. The molecular weight excluding hydrogens is 338 g/mol. The molecule has 0 bridgehead atoms. The maximum atomic E-state index is 13.6. The first-order valence-electron chi connectivity index (χ1n) is 10.2. The smallest absolute Gasteiger partial charge is 0.230 e. The molecule has 0 N–H and O–H groups in total. The van der Waals surface area contributed by atoms with Gasteiger partial charge in [-0.1, -0.05) is 44.0 Å². The number of rotatable bonds is 3. The summed E-state index contributed by atoms with van der Waals surface area (Å²) in [7, 11) is 0. The molecular formula is C23H27NO3. The molecule has 2 aromatic rings. The molecule has 4 heteroatoms. The molecule has 0 radical (unpaired) electrons. The highest BCUT2D eigenvalue weighted by molar-refractivity contribution is 6.01. The lowest BCUT2D eigenvalue weighted by atomic mass is 9.81. The average molecular weight is 365 g/mol. The molecule has 1 fully saturated rings. The molecule has 142 valence electrons. The number of hydrogen-bond acceptors (Lipinski definition) is 3. The molecule has 1 amide bonds. The van der Waals surface area contributed by atoms with Crippen molar-refractivity contribution in [3.63, 3.8) is 0 Å². The van der Waals surface area contributed by atoms with Crippen LogP contribution >= 0.6 is 0 Å². The third-order valence-corrected chi connectivity index (χ3v) is 5.99. The predicted octanol–water partition coefficient (Wildman–Crippen LogP) is 5.05. The number of furan rings is 1. The summed E-state index contributed by atoms with van der Waals surface area (Å²) in [5, 5.41) is 0. The summed E-state index contributed by atoms with van der Waals surface area (Å²) in [4.78, 5) is 27.9. The van der Waals surface area contributed by atoms with E-state index in [-0.39, 0.29) is 23.7 Å². The van der Waals surface area contributed by atoms with Crippen LogP contribution < -0.4 is 0 Å². The molecule has 1 aromatic carbocycles. The van der Waals surface area contributed by atoms with Gasteiger partial charge in [0.25, 0.3) is 0 Å². The van der Waals surface area contributed by atoms with E-state index in [0.717, 1.165) is 61.3 Å². The van der Waals surface area contributed by atoms with Gasteiger partial charge in [-0.3, -0.25) is 9.59 Å². The SMILES string of the molecule is CCc1ccc(C2CCCCCN2C(=O)C2CCC(=O)c3ccccc32)o1. The second kappa shape index (κ2) is 7.71. The summed E-state index contributed by atoms with van der Waals surface area (Å²) in [5.41, 5.74) is 1.62. The zero-order valence-electron chi connectivity index (χ0n) is 15.9. The molecule has 27 heavy (non-hydrogen) atoms. The number of carbonyl (C=O) groups excluding carboxylic acids is 2. The van der Waals surface area contributed by atoms with Crippen molar-refractivity contribution in [1.82, 2.24) is 4.90 Å². The molecule has 4 rings (SSSR count). The number of ketones is 1. The van der Waals surface area contributed by atoms with Crippen molar-refractivity contribution in [3.8, 4) is 0 Å². The summed E-state index contributed by atoms with van der Waals surface area (Å²) < 4.78 is 6.03. The van der Waals surface area contributed by atoms with Gasteiger partial charge in [0.1, 0.15) is 11.5 Å². The van der Waals surface area contributed by atoms with Gasteiger partial charge in [0.15, 0.2) is 5.78 Å². The van der Waals surface area contributed by atoms with Crippen molar-refractivity contribution in [2.45, 2.75) is 63.8 Å². The molecule has 0 spiro atoms. The van der Waals surface area contributed by atoms with Crippen LogP contribution in [0.3, 0.4) is 0 Å². The summed E-state index contributed by atoms with van der Waals surface area (Å²) >= 11 is 0. The molecule has 2 aliphatic rings. The van der Waals surface area contributed by atoms with Crippen molar-refractivity contribution in [1.29, 1.82) is 0 Å². The first-order chi connectivity index (χ1) is 13.2. The lowest BCUT2D eigenvalue weighted by Crippen LogP contribution is -2.39. The van der Waals surface area contributed by atoms with E-state index in [2.05, 4.69) is 6.92 Å². The van der Waals surface area contributed by atoms with Crippen LogP contribution in [0.25, 0.3) is 0 Å². The molecule has 2 heterocycles. The van der Waals surface area contributed by atoms with Crippen LogP contribution in [0.4, 0.5) is 0 Å². The Morgan fingerprint density at radius 1 is 1.11 bits per heavy atom. The Labute approximate surface area is 160 Å². The first kappa shape index (κ1) is 18.0. The van der Waals surface area contributed by atoms with E-state index in [1.165, 1.54) is 0 Å². The summed E-state index contributed by atoms with van der Waals surface area (Å²) in [6.45, 7) is 2.84. The highest BCUT2D eigenvalue weighted by Crippen LogP contribution is 2.38. The van der Waals surface area contributed by atoms with E-state index in [1.807, 2.05) is 41.3 Å². The second-order valence-electron chi connectivity index (χ2n) is 7.66. The number of carbonyl (C=O) groups is 2. The maximum absolute atomic E-state index is 13.6. The van der Waals surface area contributed by atoms with Gasteiger partial charge < -0.3 is 9.32 Å². The number of benzene rings is 1. The van der Waals surface area contributed by atoms with Gasteiger partial charge >= 0.3 is 0 Å². The van der Waals surface area contributed by atoms with E-state index in [9.17, 15) is 9.59 Å². The molecule has 1 aliphatic carbocycles.